The molecule has 1 saturated carbocycles. The van der Waals surface area contributed by atoms with Gasteiger partial charge in [-0.15, -0.1) is 0 Å². The number of aromatic nitrogens is 2. The molecule has 19 heavy (non-hydrogen) atoms. The highest BCUT2D eigenvalue weighted by atomic mass is 16.5. The van der Waals surface area contributed by atoms with E-state index in [9.17, 15) is 9.59 Å². The molecule has 0 radical (unpaired) electrons. The second-order valence-electron chi connectivity index (χ2n) is 5.16. The Morgan fingerprint density at radius 2 is 1.84 bits per heavy atom. The lowest BCUT2D eigenvalue weighted by atomic mass is 9.98. The van der Waals surface area contributed by atoms with Crippen molar-refractivity contribution in [2.24, 2.45) is 7.05 Å². The fraction of sp³-hybridized carbons (Fsp3) is 0.643. The van der Waals surface area contributed by atoms with Crippen molar-refractivity contribution in [2.45, 2.75) is 52.1 Å². The summed E-state index contributed by atoms with van der Waals surface area (Å²) in [5, 5.41) is 4.15. The fourth-order valence-electron chi connectivity index (χ4n) is 2.59. The first kappa shape index (κ1) is 13.8. The second-order valence-corrected chi connectivity index (χ2v) is 5.16. The van der Waals surface area contributed by atoms with Gasteiger partial charge in [-0.25, -0.2) is 4.79 Å². The molecular formula is C14H20N2O3. The van der Waals surface area contributed by atoms with Crippen LogP contribution in [-0.4, -0.2) is 27.6 Å². The molecule has 5 nitrogen and oxygen atoms in total. The number of aryl methyl sites for hydroxylation is 2. The van der Waals surface area contributed by atoms with Gasteiger partial charge in [0.1, 0.15) is 6.10 Å². The van der Waals surface area contributed by atoms with Crippen molar-refractivity contribution in [3.8, 4) is 0 Å². The minimum absolute atomic E-state index is 0.0949. The third kappa shape index (κ3) is 2.85. The standard InChI is InChI=1S/C14H20N2O3/c1-9-12(10(2)16(3)15-9)13(17)14(18)19-11-7-5-4-6-8-11/h11H,4-8H2,1-3H3. The van der Waals surface area contributed by atoms with E-state index in [2.05, 4.69) is 5.10 Å². The zero-order valence-corrected chi connectivity index (χ0v) is 11.7. The van der Waals surface area contributed by atoms with Crippen LogP contribution in [0.5, 0.6) is 0 Å². The van der Waals surface area contributed by atoms with Gasteiger partial charge in [-0.3, -0.25) is 9.48 Å². The van der Waals surface area contributed by atoms with Crippen LogP contribution in [-0.2, 0) is 16.6 Å². The highest BCUT2D eigenvalue weighted by molar-refractivity contribution is 6.41. The van der Waals surface area contributed by atoms with Gasteiger partial charge in [-0.2, -0.15) is 5.10 Å². The zero-order valence-electron chi connectivity index (χ0n) is 11.7. The number of ether oxygens (including phenoxy) is 1. The Morgan fingerprint density at radius 1 is 1.21 bits per heavy atom. The van der Waals surface area contributed by atoms with E-state index < -0.39 is 11.8 Å². The SMILES string of the molecule is Cc1nn(C)c(C)c1C(=O)C(=O)OC1CCCCC1. The minimum atomic E-state index is -0.744. The number of rotatable bonds is 3. The topological polar surface area (TPSA) is 61.2 Å². The molecule has 104 valence electrons. The Balaban J connectivity index is 2.08. The molecule has 0 atom stereocenters. The Hall–Kier alpha value is -1.65. The van der Waals surface area contributed by atoms with Gasteiger partial charge in [0, 0.05) is 12.7 Å². The summed E-state index contributed by atoms with van der Waals surface area (Å²) < 4.78 is 6.91. The van der Waals surface area contributed by atoms with Gasteiger partial charge in [-0.05, 0) is 39.5 Å². The first-order valence-electron chi connectivity index (χ1n) is 6.76. The predicted molar refractivity (Wildman–Crippen MR) is 70.0 cm³/mol. The van der Waals surface area contributed by atoms with Crippen molar-refractivity contribution in [2.75, 3.05) is 0 Å². The van der Waals surface area contributed by atoms with Crippen LogP contribution in [0.1, 0.15) is 53.8 Å². The van der Waals surface area contributed by atoms with Crippen LogP contribution in [0.15, 0.2) is 0 Å². The number of hydrogen-bond donors (Lipinski definition) is 0. The molecule has 1 fully saturated rings. The van der Waals surface area contributed by atoms with Gasteiger partial charge in [-0.1, -0.05) is 6.42 Å². The lowest BCUT2D eigenvalue weighted by Gasteiger charge is -2.21. The molecular weight excluding hydrogens is 244 g/mol. The van der Waals surface area contributed by atoms with Crippen LogP contribution < -0.4 is 0 Å². The van der Waals surface area contributed by atoms with Crippen LogP contribution in [0, 0.1) is 13.8 Å². The van der Waals surface area contributed by atoms with Gasteiger partial charge in [0.2, 0.25) is 0 Å². The van der Waals surface area contributed by atoms with Gasteiger partial charge >= 0.3 is 5.97 Å². The molecule has 1 heterocycles. The normalized spacial score (nSPS) is 16.4. The summed E-state index contributed by atoms with van der Waals surface area (Å²) in [6, 6.07) is 0. The summed E-state index contributed by atoms with van der Waals surface area (Å²) in [7, 11) is 1.76. The molecule has 2 rings (SSSR count). The summed E-state index contributed by atoms with van der Waals surface area (Å²) >= 11 is 0. The average Bonchev–Trinajstić information content (AvgIpc) is 2.63. The van der Waals surface area contributed by atoms with Gasteiger partial charge in [0.05, 0.1) is 11.3 Å². The maximum Gasteiger partial charge on any atom is 0.380 e. The molecule has 0 aliphatic heterocycles. The van der Waals surface area contributed by atoms with Crippen LogP contribution >= 0.6 is 0 Å². The van der Waals surface area contributed by atoms with Crippen LogP contribution in [0.25, 0.3) is 0 Å². The maximum atomic E-state index is 12.1. The summed E-state index contributed by atoms with van der Waals surface area (Å²) in [5.74, 6) is -1.32. The molecule has 0 unspecified atom stereocenters. The molecule has 0 saturated heterocycles. The molecule has 0 aromatic carbocycles. The van der Waals surface area contributed by atoms with E-state index >= 15 is 0 Å². The summed E-state index contributed by atoms with van der Waals surface area (Å²) in [5.41, 5.74) is 1.65. The third-order valence-corrected chi connectivity index (χ3v) is 3.75. The third-order valence-electron chi connectivity index (χ3n) is 3.75. The molecule has 0 spiro atoms. The first-order valence-corrected chi connectivity index (χ1v) is 6.76. The van der Waals surface area contributed by atoms with E-state index in [1.54, 1.807) is 25.6 Å². The highest BCUT2D eigenvalue weighted by Crippen LogP contribution is 2.21. The first-order chi connectivity index (χ1) is 9.00. The lowest BCUT2D eigenvalue weighted by Crippen LogP contribution is -2.26. The Bertz CT molecular complexity index is 499. The predicted octanol–water partition coefficient (Wildman–Crippen LogP) is 2.10. The van der Waals surface area contributed by atoms with Crippen molar-refractivity contribution >= 4 is 11.8 Å². The summed E-state index contributed by atoms with van der Waals surface area (Å²) in [4.78, 5) is 24.1. The number of esters is 1. The van der Waals surface area contributed by atoms with Gasteiger partial charge in [0.15, 0.2) is 0 Å². The van der Waals surface area contributed by atoms with Crippen molar-refractivity contribution < 1.29 is 14.3 Å². The van der Waals surface area contributed by atoms with Crippen molar-refractivity contribution in [1.82, 2.24) is 9.78 Å². The molecule has 1 aromatic rings. The van der Waals surface area contributed by atoms with E-state index in [0.717, 1.165) is 25.7 Å². The number of hydrogen-bond acceptors (Lipinski definition) is 4. The van der Waals surface area contributed by atoms with Crippen molar-refractivity contribution in [1.29, 1.82) is 0 Å². The minimum Gasteiger partial charge on any atom is -0.456 e. The Labute approximate surface area is 112 Å². The number of carbonyl (C=O) groups excluding carboxylic acids is 2. The molecule has 0 amide bonds. The van der Waals surface area contributed by atoms with E-state index in [4.69, 9.17) is 4.74 Å². The van der Waals surface area contributed by atoms with Gasteiger partial charge < -0.3 is 4.74 Å². The molecule has 5 heteroatoms. The smallest absolute Gasteiger partial charge is 0.380 e. The van der Waals surface area contributed by atoms with E-state index in [0.29, 0.717) is 17.0 Å². The van der Waals surface area contributed by atoms with Crippen LogP contribution in [0.3, 0.4) is 0 Å². The molecule has 1 aromatic heterocycles. The van der Waals surface area contributed by atoms with Crippen LogP contribution in [0.2, 0.25) is 0 Å². The van der Waals surface area contributed by atoms with E-state index in [1.165, 1.54) is 6.42 Å². The monoisotopic (exact) mass is 264 g/mol. The number of nitrogens with zero attached hydrogens (tertiary/aromatic N) is 2. The Kier molecular flexibility index (Phi) is 4.02. The molecule has 1 aliphatic carbocycles. The second kappa shape index (κ2) is 5.55. The number of carbonyl (C=O) groups is 2. The molecule has 1 aliphatic rings. The molecule has 0 bridgehead atoms. The highest BCUT2D eigenvalue weighted by Gasteiger charge is 2.28. The van der Waals surface area contributed by atoms with Crippen molar-refractivity contribution in [3.63, 3.8) is 0 Å². The van der Waals surface area contributed by atoms with E-state index in [1.807, 2.05) is 0 Å². The lowest BCUT2D eigenvalue weighted by molar-refractivity contribution is -0.144. The average molecular weight is 264 g/mol. The maximum absolute atomic E-state index is 12.1. The van der Waals surface area contributed by atoms with Crippen LogP contribution in [0.4, 0.5) is 0 Å². The molecule has 0 N–H and O–H groups in total. The zero-order chi connectivity index (χ0) is 14.0. The number of ketones is 1. The summed E-state index contributed by atoms with van der Waals surface area (Å²) in [6.45, 7) is 3.51. The number of Topliss-reactive ketones (excluding diaryl/α,β-unsaturated/α-hetero) is 1. The quantitative estimate of drug-likeness (QED) is 0.476. The summed E-state index contributed by atoms with van der Waals surface area (Å²) in [6.07, 6.45) is 4.95. The van der Waals surface area contributed by atoms with Crippen molar-refractivity contribution in [3.05, 3.63) is 17.0 Å². The fourth-order valence-corrected chi connectivity index (χ4v) is 2.59. The van der Waals surface area contributed by atoms with Gasteiger partial charge in [0.25, 0.3) is 5.78 Å². The van der Waals surface area contributed by atoms with E-state index in [-0.39, 0.29) is 6.10 Å². The largest absolute Gasteiger partial charge is 0.456 e. The Morgan fingerprint density at radius 3 is 2.37 bits per heavy atom.